The molecule has 0 bridgehead atoms. The predicted molar refractivity (Wildman–Crippen MR) is 136 cm³/mol. The summed E-state index contributed by atoms with van der Waals surface area (Å²) in [4.78, 5) is 0. The Morgan fingerprint density at radius 1 is 0.771 bits per heavy atom. The van der Waals surface area contributed by atoms with Gasteiger partial charge in [0.15, 0.2) is 17.4 Å². The largest absolute Gasteiger partial charge is 0.488 e. The molecule has 0 aliphatic carbocycles. The van der Waals surface area contributed by atoms with E-state index in [2.05, 4.69) is 27.7 Å². The maximum Gasteiger partial charge on any atom is 0.190 e. The van der Waals surface area contributed by atoms with Gasteiger partial charge >= 0.3 is 0 Å². The fourth-order valence-electron chi connectivity index (χ4n) is 4.08. The third kappa shape index (κ3) is 7.47. The average Bonchev–Trinajstić information content (AvgIpc) is 2.75. The molecular formula is C29H43F3O3. The van der Waals surface area contributed by atoms with E-state index < -0.39 is 22.8 Å². The van der Waals surface area contributed by atoms with Crippen molar-refractivity contribution in [2.24, 2.45) is 5.41 Å². The molecule has 6 heteroatoms. The van der Waals surface area contributed by atoms with Gasteiger partial charge in [0.05, 0.1) is 17.8 Å². The van der Waals surface area contributed by atoms with E-state index in [1.807, 2.05) is 12.1 Å². The summed E-state index contributed by atoms with van der Waals surface area (Å²) in [6.07, 6.45) is 2.38. The minimum absolute atomic E-state index is 0.151. The standard InChI is InChI=1S/C23H29F3O.C6H14O2/c1-6-23(7-2,22(4,5)17-9-11-18(24)12-10-17)14-15-27-21-19(25)13-8-16(3)20(21)26;1-5(2,7)6(3,4)8/h8-13H,6-7,14-15H2,1-5H3;7-8H,1-4H3. The molecule has 2 aromatic rings. The zero-order valence-electron chi connectivity index (χ0n) is 22.7. The van der Waals surface area contributed by atoms with E-state index in [0.29, 0.717) is 12.0 Å². The first-order valence-electron chi connectivity index (χ1n) is 12.2. The van der Waals surface area contributed by atoms with Gasteiger partial charge in [0.25, 0.3) is 0 Å². The minimum Gasteiger partial charge on any atom is -0.488 e. The summed E-state index contributed by atoms with van der Waals surface area (Å²) >= 11 is 0. The highest BCUT2D eigenvalue weighted by Crippen LogP contribution is 2.49. The van der Waals surface area contributed by atoms with Crippen molar-refractivity contribution in [2.45, 2.75) is 98.2 Å². The summed E-state index contributed by atoms with van der Waals surface area (Å²) in [5, 5.41) is 18.2. The third-order valence-corrected chi connectivity index (χ3v) is 7.81. The molecule has 0 fully saturated rings. The molecule has 3 nitrogen and oxygen atoms in total. The molecule has 0 aliphatic heterocycles. The van der Waals surface area contributed by atoms with Crippen LogP contribution in [0.2, 0.25) is 0 Å². The molecule has 0 saturated carbocycles. The van der Waals surface area contributed by atoms with Crippen LogP contribution in [0, 0.1) is 29.8 Å². The fraction of sp³-hybridized carbons (Fsp3) is 0.586. The van der Waals surface area contributed by atoms with Crippen LogP contribution in [0.25, 0.3) is 0 Å². The highest BCUT2D eigenvalue weighted by Gasteiger charge is 2.43. The molecule has 0 aliphatic rings. The summed E-state index contributed by atoms with van der Waals surface area (Å²) in [5.41, 5.74) is -1.02. The molecule has 0 aromatic heterocycles. The third-order valence-electron chi connectivity index (χ3n) is 7.81. The van der Waals surface area contributed by atoms with E-state index in [0.717, 1.165) is 18.4 Å². The SMILES string of the molecule is CC(C)(O)C(C)(C)O.CCC(CC)(CCOc1c(F)ccc(C)c1F)C(C)(C)c1ccc(F)cc1. The number of benzene rings is 2. The van der Waals surface area contributed by atoms with Gasteiger partial charge in [-0.05, 0) is 94.0 Å². The average molecular weight is 497 g/mol. The van der Waals surface area contributed by atoms with Crippen LogP contribution in [0.1, 0.15) is 85.8 Å². The van der Waals surface area contributed by atoms with E-state index in [1.54, 1.807) is 34.6 Å². The molecule has 35 heavy (non-hydrogen) atoms. The molecule has 0 atom stereocenters. The number of rotatable bonds is 9. The van der Waals surface area contributed by atoms with Crippen LogP contribution in [0.5, 0.6) is 5.75 Å². The van der Waals surface area contributed by atoms with Crippen molar-refractivity contribution in [3.63, 3.8) is 0 Å². The maximum atomic E-state index is 14.2. The summed E-state index contributed by atoms with van der Waals surface area (Å²) in [5.74, 6) is -1.90. The monoisotopic (exact) mass is 496 g/mol. The van der Waals surface area contributed by atoms with Crippen molar-refractivity contribution in [3.05, 3.63) is 65.0 Å². The van der Waals surface area contributed by atoms with Crippen molar-refractivity contribution in [1.29, 1.82) is 0 Å². The lowest BCUT2D eigenvalue weighted by atomic mass is 9.58. The van der Waals surface area contributed by atoms with Crippen molar-refractivity contribution in [2.75, 3.05) is 6.61 Å². The van der Waals surface area contributed by atoms with Gasteiger partial charge in [-0.25, -0.2) is 13.2 Å². The Morgan fingerprint density at radius 2 is 1.26 bits per heavy atom. The van der Waals surface area contributed by atoms with Crippen LogP contribution in [-0.2, 0) is 5.41 Å². The van der Waals surface area contributed by atoms with Gasteiger partial charge in [0, 0.05) is 0 Å². The normalized spacial score (nSPS) is 12.7. The van der Waals surface area contributed by atoms with Crippen molar-refractivity contribution in [1.82, 2.24) is 0 Å². The second-order valence-electron chi connectivity index (χ2n) is 10.8. The van der Waals surface area contributed by atoms with Gasteiger partial charge < -0.3 is 14.9 Å². The fourth-order valence-corrected chi connectivity index (χ4v) is 4.08. The Morgan fingerprint density at radius 3 is 1.69 bits per heavy atom. The quantitative estimate of drug-likeness (QED) is 0.378. The molecule has 0 unspecified atom stereocenters. The molecule has 2 aromatic carbocycles. The van der Waals surface area contributed by atoms with E-state index in [4.69, 9.17) is 14.9 Å². The second-order valence-corrected chi connectivity index (χ2v) is 10.8. The molecular weight excluding hydrogens is 453 g/mol. The second kappa shape index (κ2) is 11.8. The molecule has 0 radical (unpaired) electrons. The van der Waals surface area contributed by atoms with Crippen LogP contribution in [0.15, 0.2) is 36.4 Å². The summed E-state index contributed by atoms with van der Waals surface area (Å²) in [6, 6.07) is 9.20. The molecule has 2 rings (SSSR count). The number of aryl methyl sites for hydroxylation is 1. The van der Waals surface area contributed by atoms with Crippen molar-refractivity contribution >= 4 is 0 Å². The van der Waals surface area contributed by atoms with Gasteiger partial charge in [-0.2, -0.15) is 0 Å². The number of aliphatic hydroxyl groups is 2. The van der Waals surface area contributed by atoms with Crippen LogP contribution < -0.4 is 4.74 Å². The molecule has 2 N–H and O–H groups in total. The summed E-state index contributed by atoms with van der Waals surface area (Å²) in [7, 11) is 0. The topological polar surface area (TPSA) is 49.7 Å². The van der Waals surface area contributed by atoms with E-state index in [9.17, 15) is 13.2 Å². The van der Waals surface area contributed by atoms with E-state index in [1.165, 1.54) is 24.3 Å². The van der Waals surface area contributed by atoms with Crippen LogP contribution >= 0.6 is 0 Å². The Hall–Kier alpha value is -2.05. The predicted octanol–water partition coefficient (Wildman–Crippen LogP) is 7.49. The Balaban J connectivity index is 0.000000658. The Bertz CT molecular complexity index is 923. The molecule has 0 spiro atoms. The maximum absolute atomic E-state index is 14.2. The first kappa shape index (κ1) is 31.0. The van der Waals surface area contributed by atoms with E-state index >= 15 is 0 Å². The highest BCUT2D eigenvalue weighted by molar-refractivity contribution is 5.32. The molecule has 198 valence electrons. The van der Waals surface area contributed by atoms with Gasteiger partial charge in [0.1, 0.15) is 5.82 Å². The lowest BCUT2D eigenvalue weighted by Gasteiger charge is -2.47. The highest BCUT2D eigenvalue weighted by atomic mass is 19.1. The Kier molecular flexibility index (Phi) is 10.4. The first-order valence-corrected chi connectivity index (χ1v) is 12.2. The molecule has 0 amide bonds. The van der Waals surface area contributed by atoms with Gasteiger partial charge in [-0.3, -0.25) is 0 Å². The number of hydrogen-bond acceptors (Lipinski definition) is 3. The smallest absolute Gasteiger partial charge is 0.190 e. The molecule has 0 heterocycles. The van der Waals surface area contributed by atoms with E-state index in [-0.39, 0.29) is 29.0 Å². The van der Waals surface area contributed by atoms with Crippen LogP contribution in [-0.4, -0.2) is 28.0 Å². The van der Waals surface area contributed by atoms with Gasteiger partial charge in [0.2, 0.25) is 0 Å². The first-order chi connectivity index (χ1) is 15.9. The molecule has 0 saturated heterocycles. The number of ether oxygens (including phenoxy) is 1. The summed E-state index contributed by atoms with van der Waals surface area (Å²) < 4.78 is 47.0. The lowest BCUT2D eigenvalue weighted by molar-refractivity contribution is -0.107. The zero-order chi connectivity index (χ0) is 27.2. The van der Waals surface area contributed by atoms with Crippen LogP contribution in [0.4, 0.5) is 13.2 Å². The lowest BCUT2D eigenvalue weighted by Crippen LogP contribution is -2.44. The van der Waals surface area contributed by atoms with Crippen LogP contribution in [0.3, 0.4) is 0 Å². The number of halogens is 3. The zero-order valence-corrected chi connectivity index (χ0v) is 22.7. The number of hydrogen-bond donors (Lipinski definition) is 2. The summed E-state index contributed by atoms with van der Waals surface area (Å²) in [6.45, 7) is 16.6. The van der Waals surface area contributed by atoms with Gasteiger partial charge in [-0.1, -0.05) is 45.9 Å². The Labute approximate surface area is 209 Å². The van der Waals surface area contributed by atoms with Crippen molar-refractivity contribution < 1.29 is 28.1 Å². The van der Waals surface area contributed by atoms with Crippen molar-refractivity contribution in [3.8, 4) is 5.75 Å². The minimum atomic E-state index is -1.01. The van der Waals surface area contributed by atoms with Gasteiger partial charge in [-0.15, -0.1) is 0 Å².